The Balaban J connectivity index is 1.20. The molecule has 0 aromatic carbocycles. The first-order chi connectivity index (χ1) is 15.9. The highest BCUT2D eigenvalue weighted by atomic mass is 19.3. The lowest BCUT2D eigenvalue weighted by atomic mass is 9.96. The second kappa shape index (κ2) is 7.71. The zero-order chi connectivity index (χ0) is 22.6. The number of nitrogens with zero attached hydrogens (tertiary/aromatic N) is 6. The molecule has 1 atom stereocenters. The second-order valence-corrected chi connectivity index (χ2v) is 9.35. The van der Waals surface area contributed by atoms with Crippen LogP contribution in [0.4, 0.5) is 14.6 Å². The van der Waals surface area contributed by atoms with Crippen molar-refractivity contribution in [2.45, 2.75) is 43.9 Å². The van der Waals surface area contributed by atoms with E-state index in [0.717, 1.165) is 48.7 Å². The minimum absolute atomic E-state index is 0.134. The number of anilines is 1. The van der Waals surface area contributed by atoms with E-state index >= 15 is 0 Å². The van der Waals surface area contributed by atoms with Crippen molar-refractivity contribution in [2.75, 3.05) is 31.1 Å². The number of imidazole rings is 1. The summed E-state index contributed by atoms with van der Waals surface area (Å²) in [5, 5.41) is 0. The summed E-state index contributed by atoms with van der Waals surface area (Å²) in [6.07, 6.45) is 5.32. The zero-order valence-corrected chi connectivity index (χ0v) is 18.2. The molecule has 172 valence electrons. The minimum atomic E-state index is -2.77. The van der Waals surface area contributed by atoms with Crippen molar-refractivity contribution in [3.8, 4) is 11.5 Å². The van der Waals surface area contributed by atoms with Gasteiger partial charge in [0, 0.05) is 38.2 Å². The van der Waals surface area contributed by atoms with Crippen LogP contribution in [0, 0.1) is 5.92 Å². The number of halogens is 2. The minimum Gasteiger partial charge on any atom is -0.356 e. The molecular weight excluding hydrogens is 428 g/mol. The van der Waals surface area contributed by atoms with E-state index < -0.39 is 12.5 Å². The van der Waals surface area contributed by atoms with E-state index in [1.807, 2.05) is 18.2 Å². The number of alkyl halides is 2. The topological polar surface area (TPSA) is 90.9 Å². The fraction of sp³-hybridized carbons (Fsp3) is 0.522. The van der Waals surface area contributed by atoms with Crippen LogP contribution >= 0.6 is 0 Å². The molecule has 10 heteroatoms. The summed E-state index contributed by atoms with van der Waals surface area (Å²) in [6, 6.07) is 5.65. The Kier molecular flexibility index (Phi) is 4.77. The van der Waals surface area contributed by atoms with Crippen LogP contribution in [0.3, 0.4) is 0 Å². The molecular formula is C23H25F2N7O. The smallest absolute Gasteiger partial charge is 0.267 e. The predicted octanol–water partition coefficient (Wildman–Crippen LogP) is 3.38. The van der Waals surface area contributed by atoms with E-state index in [1.54, 1.807) is 6.20 Å². The van der Waals surface area contributed by atoms with Gasteiger partial charge in [0.05, 0.1) is 12.5 Å². The highest BCUT2D eigenvalue weighted by molar-refractivity contribution is 5.81. The molecule has 0 unspecified atom stereocenters. The number of fused-ring (bicyclic) bond motifs is 1. The SMILES string of the molecule is O=C([C@@H]1CCCN(c2ccc3nc(-c4ccnc(C5CC5)n4)[nH]c3n2)C1)N1CCC(F)(F)C1. The number of aromatic amines is 1. The van der Waals surface area contributed by atoms with Gasteiger partial charge >= 0.3 is 0 Å². The highest BCUT2D eigenvalue weighted by Gasteiger charge is 2.42. The number of carbonyl (C=O) groups is 1. The van der Waals surface area contributed by atoms with Gasteiger partial charge in [0.25, 0.3) is 5.92 Å². The molecule has 0 spiro atoms. The molecule has 2 saturated heterocycles. The molecule has 3 aliphatic rings. The second-order valence-electron chi connectivity index (χ2n) is 9.35. The van der Waals surface area contributed by atoms with Crippen LogP contribution < -0.4 is 4.90 Å². The molecule has 6 rings (SSSR count). The van der Waals surface area contributed by atoms with Gasteiger partial charge in [-0.2, -0.15) is 0 Å². The van der Waals surface area contributed by atoms with Crippen molar-refractivity contribution in [3.63, 3.8) is 0 Å². The van der Waals surface area contributed by atoms with E-state index in [2.05, 4.69) is 24.8 Å². The average molecular weight is 453 g/mol. The maximum atomic E-state index is 13.6. The lowest BCUT2D eigenvalue weighted by Crippen LogP contribution is -2.45. The van der Waals surface area contributed by atoms with Gasteiger partial charge in [-0.25, -0.2) is 28.7 Å². The summed E-state index contributed by atoms with van der Waals surface area (Å²) < 4.78 is 27.1. The van der Waals surface area contributed by atoms with Crippen molar-refractivity contribution in [3.05, 3.63) is 30.2 Å². The van der Waals surface area contributed by atoms with Gasteiger partial charge in [-0.05, 0) is 43.9 Å². The van der Waals surface area contributed by atoms with Gasteiger partial charge in [0.2, 0.25) is 5.91 Å². The number of likely N-dealkylation sites (tertiary alicyclic amines) is 1. The highest BCUT2D eigenvalue weighted by Crippen LogP contribution is 2.38. The number of amides is 1. The first-order valence-corrected chi connectivity index (χ1v) is 11.6. The largest absolute Gasteiger partial charge is 0.356 e. The van der Waals surface area contributed by atoms with Crippen molar-refractivity contribution in [2.24, 2.45) is 5.92 Å². The van der Waals surface area contributed by atoms with Gasteiger partial charge < -0.3 is 14.8 Å². The number of H-pyrrole nitrogens is 1. The molecule has 0 bridgehead atoms. The Morgan fingerprint density at radius 2 is 1.97 bits per heavy atom. The van der Waals surface area contributed by atoms with E-state index in [9.17, 15) is 13.6 Å². The van der Waals surface area contributed by atoms with Crippen LogP contribution in [0.25, 0.3) is 22.7 Å². The van der Waals surface area contributed by atoms with Gasteiger partial charge in [0.1, 0.15) is 22.9 Å². The molecule has 1 aliphatic carbocycles. The van der Waals surface area contributed by atoms with Crippen LogP contribution in [0.15, 0.2) is 24.4 Å². The maximum Gasteiger partial charge on any atom is 0.267 e. The number of carbonyl (C=O) groups excluding carboxylic acids is 1. The molecule has 1 N–H and O–H groups in total. The quantitative estimate of drug-likeness (QED) is 0.651. The molecule has 3 aromatic rings. The first kappa shape index (κ1) is 20.4. The van der Waals surface area contributed by atoms with Crippen LogP contribution in [-0.2, 0) is 4.79 Å². The molecule has 2 aliphatic heterocycles. The summed E-state index contributed by atoms with van der Waals surface area (Å²) in [5.41, 5.74) is 2.14. The van der Waals surface area contributed by atoms with E-state index in [0.29, 0.717) is 30.4 Å². The van der Waals surface area contributed by atoms with E-state index in [1.165, 1.54) is 4.90 Å². The lowest BCUT2D eigenvalue weighted by molar-refractivity contribution is -0.136. The van der Waals surface area contributed by atoms with Crippen LogP contribution in [0.5, 0.6) is 0 Å². The molecule has 5 heterocycles. The fourth-order valence-corrected chi connectivity index (χ4v) is 4.79. The monoisotopic (exact) mass is 453 g/mol. The number of pyridine rings is 1. The molecule has 3 aromatic heterocycles. The number of hydrogen-bond acceptors (Lipinski definition) is 6. The lowest BCUT2D eigenvalue weighted by Gasteiger charge is -2.34. The molecule has 0 radical (unpaired) electrons. The molecule has 33 heavy (non-hydrogen) atoms. The van der Waals surface area contributed by atoms with Crippen LogP contribution in [0.2, 0.25) is 0 Å². The summed E-state index contributed by atoms with van der Waals surface area (Å²) in [4.78, 5) is 37.9. The normalized spacial score (nSPS) is 22.8. The van der Waals surface area contributed by atoms with Crippen molar-refractivity contribution >= 4 is 22.9 Å². The van der Waals surface area contributed by atoms with Crippen LogP contribution in [0.1, 0.15) is 43.8 Å². The van der Waals surface area contributed by atoms with Crippen molar-refractivity contribution < 1.29 is 13.6 Å². The predicted molar refractivity (Wildman–Crippen MR) is 118 cm³/mol. The van der Waals surface area contributed by atoms with E-state index in [4.69, 9.17) is 4.98 Å². The Hall–Kier alpha value is -3.17. The number of hydrogen-bond donors (Lipinski definition) is 1. The molecule has 1 saturated carbocycles. The third-order valence-corrected chi connectivity index (χ3v) is 6.76. The summed E-state index contributed by atoms with van der Waals surface area (Å²) in [7, 11) is 0. The van der Waals surface area contributed by atoms with Crippen molar-refractivity contribution in [1.82, 2.24) is 29.8 Å². The Labute approximate surface area is 189 Å². The summed E-state index contributed by atoms with van der Waals surface area (Å²) >= 11 is 0. The number of piperidine rings is 1. The third-order valence-electron chi connectivity index (χ3n) is 6.76. The van der Waals surface area contributed by atoms with E-state index in [-0.39, 0.29) is 24.8 Å². The Morgan fingerprint density at radius 1 is 1.09 bits per heavy atom. The maximum absolute atomic E-state index is 13.6. The number of nitrogens with one attached hydrogen (secondary N) is 1. The van der Waals surface area contributed by atoms with Gasteiger partial charge in [-0.15, -0.1) is 0 Å². The standard InChI is InChI=1S/C23H25F2N7O/c24-23(25)8-11-32(13-23)22(33)15-2-1-10-31(12-15)18-6-5-16-21(29-18)30-20(28-16)17-7-9-26-19(27-17)14-3-4-14/h5-7,9,14-15H,1-4,8,10-13H2,(H,28,29,30)/t15-/m1/s1. The molecule has 8 nitrogen and oxygen atoms in total. The van der Waals surface area contributed by atoms with Gasteiger partial charge in [0.15, 0.2) is 11.5 Å². The van der Waals surface area contributed by atoms with Crippen LogP contribution in [-0.4, -0.2) is 67.8 Å². The molecule has 3 fully saturated rings. The summed E-state index contributed by atoms with van der Waals surface area (Å²) in [5.74, 6) is -0.495. The Morgan fingerprint density at radius 3 is 2.76 bits per heavy atom. The first-order valence-electron chi connectivity index (χ1n) is 11.6. The van der Waals surface area contributed by atoms with Gasteiger partial charge in [-0.3, -0.25) is 4.79 Å². The van der Waals surface area contributed by atoms with Gasteiger partial charge in [-0.1, -0.05) is 0 Å². The average Bonchev–Trinajstić information content (AvgIpc) is 3.49. The Bertz CT molecular complexity index is 1210. The number of rotatable bonds is 4. The zero-order valence-electron chi connectivity index (χ0n) is 18.2. The molecule has 1 amide bonds. The van der Waals surface area contributed by atoms with Crippen molar-refractivity contribution in [1.29, 1.82) is 0 Å². The summed E-state index contributed by atoms with van der Waals surface area (Å²) in [6.45, 7) is 0.928. The fourth-order valence-electron chi connectivity index (χ4n) is 4.79. The third kappa shape index (κ3) is 4.02. The number of aromatic nitrogens is 5.